The van der Waals surface area contributed by atoms with E-state index in [4.69, 9.17) is 4.42 Å². The lowest BCUT2D eigenvalue weighted by Crippen LogP contribution is -2.32. The fourth-order valence-electron chi connectivity index (χ4n) is 4.31. The molecule has 0 saturated carbocycles. The predicted molar refractivity (Wildman–Crippen MR) is 113 cm³/mol. The lowest BCUT2D eigenvalue weighted by Gasteiger charge is -2.37. The lowest BCUT2D eigenvalue weighted by molar-refractivity contribution is 0.0693. The third-order valence-corrected chi connectivity index (χ3v) is 5.88. The summed E-state index contributed by atoms with van der Waals surface area (Å²) in [6.07, 6.45) is 3.84. The van der Waals surface area contributed by atoms with Gasteiger partial charge in [0.05, 0.1) is 11.4 Å². The number of H-pyrrole nitrogens is 1. The van der Waals surface area contributed by atoms with Crippen molar-refractivity contribution >= 4 is 16.9 Å². The molecule has 152 valence electrons. The van der Waals surface area contributed by atoms with Crippen molar-refractivity contribution in [1.29, 1.82) is 0 Å². The van der Waals surface area contributed by atoms with Crippen molar-refractivity contribution in [3.8, 4) is 22.7 Å². The molecule has 0 radical (unpaired) electrons. The molecule has 5 rings (SSSR count). The summed E-state index contributed by atoms with van der Waals surface area (Å²) in [6.45, 7) is 6.34. The third kappa shape index (κ3) is 2.69. The van der Waals surface area contributed by atoms with Crippen molar-refractivity contribution < 1.29 is 14.3 Å². The average Bonchev–Trinajstić information content (AvgIpc) is 3.33. The van der Waals surface area contributed by atoms with Gasteiger partial charge in [-0.2, -0.15) is 5.10 Å². The highest BCUT2D eigenvalue weighted by molar-refractivity contribution is 5.92. The summed E-state index contributed by atoms with van der Waals surface area (Å²) in [7, 11) is 0. The van der Waals surface area contributed by atoms with Crippen LogP contribution in [0.15, 0.2) is 51.9 Å². The molecule has 0 amide bonds. The molecule has 7 nitrogen and oxygen atoms in total. The van der Waals surface area contributed by atoms with Crippen LogP contribution >= 0.6 is 0 Å². The summed E-state index contributed by atoms with van der Waals surface area (Å²) >= 11 is 0. The Balaban J connectivity index is 1.77. The molecule has 7 heteroatoms. The first kappa shape index (κ1) is 18.4. The molecule has 0 fully saturated rings. The number of fused-ring (bicyclic) bond motifs is 5. The van der Waals surface area contributed by atoms with Crippen LogP contribution in [0.25, 0.3) is 33.7 Å². The van der Waals surface area contributed by atoms with E-state index in [0.717, 1.165) is 27.8 Å². The molecule has 0 spiro atoms. The zero-order valence-electron chi connectivity index (χ0n) is 16.9. The quantitative estimate of drug-likeness (QED) is 0.513. The Hall–Kier alpha value is -3.61. The maximum Gasteiger partial charge on any atom is 0.341 e. The van der Waals surface area contributed by atoms with E-state index in [2.05, 4.69) is 31.0 Å². The first-order valence-electron chi connectivity index (χ1n) is 9.79. The number of benzene rings is 1. The number of furan rings is 1. The van der Waals surface area contributed by atoms with E-state index in [-0.39, 0.29) is 17.0 Å². The first-order valence-corrected chi connectivity index (χ1v) is 9.79. The van der Waals surface area contributed by atoms with Gasteiger partial charge in [0.1, 0.15) is 11.1 Å². The molecule has 4 heterocycles. The van der Waals surface area contributed by atoms with Crippen LogP contribution in [-0.4, -0.2) is 25.8 Å². The topological polar surface area (TPSA) is 101 Å². The van der Waals surface area contributed by atoms with Crippen LogP contribution in [0, 0.1) is 5.41 Å². The van der Waals surface area contributed by atoms with Crippen molar-refractivity contribution in [2.24, 2.45) is 5.41 Å². The molecule has 1 aliphatic rings. The molecule has 2 N–H and O–H groups in total. The fraction of sp³-hybridized carbons (Fsp3) is 0.261. The van der Waals surface area contributed by atoms with Crippen molar-refractivity contribution in [2.45, 2.75) is 33.2 Å². The molecule has 0 saturated heterocycles. The predicted octanol–water partition coefficient (Wildman–Crippen LogP) is 4.49. The largest absolute Gasteiger partial charge is 0.477 e. The number of aromatic carboxylic acids is 1. The minimum Gasteiger partial charge on any atom is -0.477 e. The van der Waals surface area contributed by atoms with Crippen LogP contribution in [0.4, 0.5) is 0 Å². The Bertz CT molecular complexity index is 1350. The summed E-state index contributed by atoms with van der Waals surface area (Å²) in [5, 5.41) is 17.4. The average molecular weight is 403 g/mol. The molecule has 0 aliphatic carbocycles. The zero-order valence-corrected chi connectivity index (χ0v) is 16.9. The Morgan fingerprint density at radius 3 is 2.73 bits per heavy atom. The van der Waals surface area contributed by atoms with E-state index in [0.29, 0.717) is 17.9 Å². The van der Waals surface area contributed by atoms with Crippen molar-refractivity contribution in [3.05, 3.63) is 64.1 Å². The highest BCUT2D eigenvalue weighted by Crippen LogP contribution is 2.46. The molecule has 0 unspecified atom stereocenters. The number of aromatic amines is 1. The zero-order chi connectivity index (χ0) is 21.2. The van der Waals surface area contributed by atoms with Crippen LogP contribution in [0.3, 0.4) is 0 Å². The van der Waals surface area contributed by atoms with Gasteiger partial charge in [0, 0.05) is 41.0 Å². The van der Waals surface area contributed by atoms with Crippen LogP contribution in [0.2, 0.25) is 0 Å². The molecular weight excluding hydrogens is 382 g/mol. The Morgan fingerprint density at radius 1 is 1.27 bits per heavy atom. The fourth-order valence-corrected chi connectivity index (χ4v) is 4.31. The highest BCUT2D eigenvalue weighted by atomic mass is 16.4. The maximum atomic E-state index is 12.5. The SMILES string of the molecule is CC(C)(C)[C@@H]1Cc2c(oc3cc(-c4ccn[nH]4)ccc23)-c2cc(=O)c(C(=O)O)cn21. The van der Waals surface area contributed by atoms with Gasteiger partial charge in [-0.3, -0.25) is 9.89 Å². The highest BCUT2D eigenvalue weighted by Gasteiger charge is 2.36. The number of carboxylic acid groups (broad SMARTS) is 1. The van der Waals surface area contributed by atoms with E-state index in [1.807, 2.05) is 28.8 Å². The van der Waals surface area contributed by atoms with Crippen LogP contribution in [0.1, 0.15) is 42.7 Å². The minimum absolute atomic E-state index is 0.0215. The monoisotopic (exact) mass is 403 g/mol. The molecule has 1 aliphatic heterocycles. The number of hydrogen-bond donors (Lipinski definition) is 2. The molecule has 0 bridgehead atoms. The van der Waals surface area contributed by atoms with E-state index in [1.165, 1.54) is 12.3 Å². The first-order chi connectivity index (χ1) is 14.2. The molecular formula is C23H21N3O4. The van der Waals surface area contributed by atoms with Gasteiger partial charge >= 0.3 is 5.97 Å². The van der Waals surface area contributed by atoms with Gasteiger partial charge < -0.3 is 14.1 Å². The second kappa shape index (κ2) is 6.19. The number of nitrogens with one attached hydrogen (secondary N) is 1. The summed E-state index contributed by atoms with van der Waals surface area (Å²) in [5.41, 5.74) is 3.33. The van der Waals surface area contributed by atoms with Crippen LogP contribution in [0.5, 0.6) is 0 Å². The van der Waals surface area contributed by atoms with Gasteiger partial charge in [-0.05, 0) is 24.0 Å². The summed E-state index contributed by atoms with van der Waals surface area (Å²) in [5.74, 6) is -0.594. The van der Waals surface area contributed by atoms with Crippen molar-refractivity contribution in [2.75, 3.05) is 0 Å². The molecule has 1 atom stereocenters. The van der Waals surface area contributed by atoms with Crippen LogP contribution in [-0.2, 0) is 6.42 Å². The minimum atomic E-state index is -1.22. The van der Waals surface area contributed by atoms with Gasteiger partial charge in [-0.25, -0.2) is 4.79 Å². The second-order valence-electron chi connectivity index (χ2n) is 8.83. The lowest BCUT2D eigenvalue weighted by atomic mass is 9.79. The number of pyridine rings is 1. The summed E-state index contributed by atoms with van der Waals surface area (Å²) in [4.78, 5) is 24.0. The number of rotatable bonds is 2. The van der Waals surface area contributed by atoms with Crippen molar-refractivity contribution in [1.82, 2.24) is 14.8 Å². The molecule has 4 aromatic rings. The van der Waals surface area contributed by atoms with E-state index < -0.39 is 11.4 Å². The van der Waals surface area contributed by atoms with Crippen LogP contribution < -0.4 is 5.43 Å². The molecule has 30 heavy (non-hydrogen) atoms. The third-order valence-electron chi connectivity index (χ3n) is 5.88. The Morgan fingerprint density at radius 2 is 2.07 bits per heavy atom. The number of hydrogen-bond acceptors (Lipinski definition) is 4. The normalized spacial score (nSPS) is 15.8. The number of aromatic nitrogens is 3. The Kier molecular flexibility index (Phi) is 3.80. The number of carboxylic acids is 1. The smallest absolute Gasteiger partial charge is 0.341 e. The van der Waals surface area contributed by atoms with Gasteiger partial charge in [0.2, 0.25) is 0 Å². The molecule has 3 aromatic heterocycles. The second-order valence-corrected chi connectivity index (χ2v) is 8.83. The van der Waals surface area contributed by atoms with E-state index in [9.17, 15) is 14.7 Å². The standard InChI is InChI=1S/C23H21N3O4/c1-23(2,3)20-9-14-13-5-4-12(16-6-7-24-25-16)8-19(13)30-21(14)17-10-18(27)15(22(28)29)11-26(17)20/h4-8,10-11,20H,9H2,1-3H3,(H,24,25)(H,28,29)/t20-/m0/s1. The van der Waals surface area contributed by atoms with Crippen molar-refractivity contribution in [3.63, 3.8) is 0 Å². The number of nitrogens with zero attached hydrogens (tertiary/aromatic N) is 2. The van der Waals surface area contributed by atoms with Gasteiger partial charge in [-0.15, -0.1) is 0 Å². The maximum absolute atomic E-state index is 12.5. The van der Waals surface area contributed by atoms with E-state index >= 15 is 0 Å². The molecule has 1 aromatic carbocycles. The van der Waals surface area contributed by atoms with Gasteiger partial charge in [-0.1, -0.05) is 32.9 Å². The summed E-state index contributed by atoms with van der Waals surface area (Å²) < 4.78 is 8.12. The number of carbonyl (C=O) groups is 1. The van der Waals surface area contributed by atoms with E-state index in [1.54, 1.807) is 6.20 Å². The van der Waals surface area contributed by atoms with Gasteiger partial charge in [0.25, 0.3) is 0 Å². The van der Waals surface area contributed by atoms with Gasteiger partial charge in [0.15, 0.2) is 11.2 Å². The Labute approximate surface area is 172 Å². The summed E-state index contributed by atoms with van der Waals surface area (Å²) in [6, 6.07) is 9.27.